The van der Waals surface area contributed by atoms with Crippen LogP contribution >= 0.6 is 34.8 Å². The van der Waals surface area contributed by atoms with Crippen molar-refractivity contribution in [3.8, 4) is 23.0 Å². The van der Waals surface area contributed by atoms with Crippen molar-refractivity contribution in [3.63, 3.8) is 0 Å². The molecule has 0 spiro atoms. The Balaban J connectivity index is 0.000000253. The average molecular weight is 1260 g/mol. The zero-order valence-electron chi connectivity index (χ0n) is 48.2. The lowest BCUT2D eigenvalue weighted by molar-refractivity contribution is -0.155. The molecule has 18 nitrogen and oxygen atoms in total. The molecule has 2 aromatic heterocycles. The first kappa shape index (κ1) is 69.2. The minimum atomic E-state index is -1.22. The van der Waals surface area contributed by atoms with Crippen molar-refractivity contribution in [3.05, 3.63) is 177 Å². The molecule has 6 aromatic carbocycles. The number of hydrogen-bond acceptors (Lipinski definition) is 18. The first-order valence-corrected chi connectivity index (χ1v) is 27.8. The molecule has 0 amide bonds. The number of Topliss-reactive ketones (excluding diaryl/α,β-unsaturated/α-hetero) is 2. The number of hydrogen-bond donors (Lipinski definition) is 3. The number of aromatic nitrogens is 4. The van der Waals surface area contributed by atoms with E-state index in [1.807, 2.05) is 43.3 Å². The number of nitrogens with two attached hydrogens (primary N) is 1. The molecule has 1 unspecified atom stereocenters. The van der Waals surface area contributed by atoms with Crippen molar-refractivity contribution in [1.82, 2.24) is 19.9 Å². The molecule has 8 rings (SSSR count). The summed E-state index contributed by atoms with van der Waals surface area (Å²) in [6, 6.07) is 29.3. The van der Waals surface area contributed by atoms with Crippen molar-refractivity contribution < 1.29 is 66.3 Å². The number of aromatic hydroxyl groups is 1. The monoisotopic (exact) mass is 1250 g/mol. The number of fused-ring (bicyclic) bond motifs is 2. The van der Waals surface area contributed by atoms with Crippen LogP contribution in [-0.4, -0.2) is 107 Å². The highest BCUT2D eigenvalue weighted by Crippen LogP contribution is 2.39. The first-order chi connectivity index (χ1) is 41.0. The van der Waals surface area contributed by atoms with Crippen molar-refractivity contribution in [2.45, 2.75) is 78.4 Å². The molecule has 0 saturated carbocycles. The van der Waals surface area contributed by atoms with Crippen LogP contribution in [0.15, 0.2) is 122 Å². The fraction of sp³-hybridized carbons (Fsp3) is 0.297. The van der Waals surface area contributed by atoms with Gasteiger partial charge in [-0.3, -0.25) is 24.0 Å². The Labute approximate surface area is 517 Å². The van der Waals surface area contributed by atoms with Crippen LogP contribution < -0.4 is 25.3 Å². The van der Waals surface area contributed by atoms with Gasteiger partial charge in [-0.25, -0.2) is 28.7 Å². The van der Waals surface area contributed by atoms with Crippen LogP contribution in [-0.2, 0) is 63.9 Å². The molecule has 0 saturated heterocycles. The van der Waals surface area contributed by atoms with Crippen molar-refractivity contribution >= 4 is 97.6 Å². The molecule has 0 radical (unpaired) electrons. The summed E-state index contributed by atoms with van der Waals surface area (Å²) in [4.78, 5) is 76.6. The van der Waals surface area contributed by atoms with E-state index in [2.05, 4.69) is 34.7 Å². The average Bonchev–Trinajstić information content (AvgIpc) is 3.49. The molecule has 23 heteroatoms. The number of nitrogens with zero attached hydrogens (tertiary/aromatic N) is 4. The van der Waals surface area contributed by atoms with E-state index in [-0.39, 0.29) is 88.3 Å². The van der Waals surface area contributed by atoms with Gasteiger partial charge in [0.1, 0.15) is 48.5 Å². The van der Waals surface area contributed by atoms with Gasteiger partial charge >= 0.3 is 17.9 Å². The lowest BCUT2D eigenvalue weighted by Crippen LogP contribution is -2.33. The van der Waals surface area contributed by atoms with Crippen LogP contribution in [0.25, 0.3) is 21.8 Å². The summed E-state index contributed by atoms with van der Waals surface area (Å²) >= 11 is 17.3. The van der Waals surface area contributed by atoms with E-state index < -0.39 is 41.1 Å². The summed E-state index contributed by atoms with van der Waals surface area (Å²) in [7, 11) is 5.57. The van der Waals surface area contributed by atoms with Gasteiger partial charge in [-0.1, -0.05) is 104 Å². The second kappa shape index (κ2) is 32.3. The number of phenolic OH excluding ortho intramolecular Hbond substituents is 1. The van der Waals surface area contributed by atoms with E-state index in [9.17, 15) is 37.9 Å². The zero-order valence-corrected chi connectivity index (χ0v) is 50.5. The topological polar surface area (TPSA) is 251 Å². The minimum Gasteiger partial charge on any atom is -0.504 e. The van der Waals surface area contributed by atoms with Crippen LogP contribution in [0, 0.1) is 17.6 Å². The fourth-order valence-electron chi connectivity index (χ4n) is 8.56. The number of esters is 3. The molecule has 87 heavy (non-hydrogen) atoms. The maximum atomic E-state index is 14.9. The molecular weight excluding hydrogens is 1190 g/mol. The Morgan fingerprint density at radius 3 is 1.77 bits per heavy atom. The largest absolute Gasteiger partial charge is 0.504 e. The number of methoxy groups -OCH3 is 4. The van der Waals surface area contributed by atoms with Crippen LogP contribution in [0.1, 0.15) is 74.6 Å². The SMILES string of the molecule is C.COC(=O)[C@@H](C)Cc1ccc(CC(=O)CCl)cc1.COC(=O)[C@@H](N)Cc1ccc(CC(=O)COc2cc3c(Nc4cccc(Cl)c4F)ncnc3cc2OC)cc1.COc1cc2ncnc(C(C(=O)OC(C)(C)C)c3cccc(Cl)c3F)c2cc1O. The highest BCUT2D eigenvalue weighted by molar-refractivity contribution is 6.31. The lowest BCUT2D eigenvalue weighted by Gasteiger charge is -2.25. The first-order valence-electron chi connectivity index (χ1n) is 26.5. The highest BCUT2D eigenvalue weighted by atomic mass is 35.5. The summed E-state index contributed by atoms with van der Waals surface area (Å²) in [6.07, 6.45) is 4.06. The predicted octanol–water partition coefficient (Wildman–Crippen LogP) is 12.0. The number of ketones is 2. The molecule has 3 atom stereocenters. The van der Waals surface area contributed by atoms with Gasteiger partial charge in [0.15, 0.2) is 40.4 Å². The molecule has 0 aliphatic heterocycles. The number of anilines is 2. The maximum Gasteiger partial charge on any atom is 0.322 e. The quantitative estimate of drug-likeness (QED) is 0.0343. The van der Waals surface area contributed by atoms with E-state index in [4.69, 9.17) is 59.5 Å². The normalized spacial score (nSPS) is 11.9. The molecule has 460 valence electrons. The number of carbonyl (C=O) groups excluding carboxylic acids is 5. The number of carbonyl (C=O) groups is 5. The van der Waals surface area contributed by atoms with Crippen molar-refractivity contribution in [2.75, 3.05) is 46.2 Å². The van der Waals surface area contributed by atoms with Crippen LogP contribution in [0.2, 0.25) is 10.0 Å². The Hall–Kier alpha value is -8.56. The fourth-order valence-corrected chi connectivity index (χ4v) is 9.02. The third-order valence-electron chi connectivity index (χ3n) is 12.8. The molecule has 0 aliphatic carbocycles. The van der Waals surface area contributed by atoms with Crippen LogP contribution in [0.4, 0.5) is 20.3 Å². The van der Waals surface area contributed by atoms with E-state index in [1.54, 1.807) is 57.2 Å². The molecule has 4 N–H and O–H groups in total. The standard InChI is InChI=1S/C28H26ClFN4O5.C21H20ClFN2O4.C14H17ClO3.CH4/c1-37-24-13-23-19(27(33-15-32-23)34-22-5-3-4-20(29)26(22)30)12-25(24)39-14-18(35)10-16-6-8-17(9-7-16)11-21(31)28(36)38-2;1-21(2,3)29-20(27)17(11-6-5-7-13(22)18(11)23)19-12-8-15(26)16(28-4)9-14(12)24-10-25-19;1-10(14(17)18-2)7-11-3-5-12(6-4-11)8-13(16)9-15;/h3-9,12-13,15,21H,10-11,14,31H2,1-2H3,(H,32,33,34);5-10,17,26H,1-4H3;3-6,10H,7-9H2,1-2H3;1H4/t21-;;10-;/m0.0./s1. The number of nitrogens with one attached hydrogen (secondary N) is 1. The van der Waals surface area contributed by atoms with Crippen molar-refractivity contribution in [1.29, 1.82) is 0 Å². The smallest absolute Gasteiger partial charge is 0.322 e. The van der Waals surface area contributed by atoms with Gasteiger partial charge in [0, 0.05) is 41.3 Å². The molecule has 0 bridgehead atoms. The van der Waals surface area contributed by atoms with E-state index in [0.717, 1.165) is 22.3 Å². The highest BCUT2D eigenvalue weighted by Gasteiger charge is 2.34. The number of ether oxygens (including phenoxy) is 6. The third kappa shape index (κ3) is 19.2. The van der Waals surface area contributed by atoms with Crippen LogP contribution in [0.5, 0.6) is 23.0 Å². The number of benzene rings is 6. The number of rotatable bonds is 21. The molecular formula is C64H67Cl3F2N6O12. The maximum absolute atomic E-state index is 14.9. The van der Waals surface area contributed by atoms with Gasteiger partial charge < -0.3 is 44.6 Å². The van der Waals surface area contributed by atoms with Gasteiger partial charge in [-0.2, -0.15) is 0 Å². The second-order valence-corrected chi connectivity index (χ2v) is 21.4. The number of alkyl halides is 1. The van der Waals surface area contributed by atoms with Gasteiger partial charge in [0.25, 0.3) is 0 Å². The zero-order chi connectivity index (χ0) is 62.8. The Bertz CT molecular complexity index is 3710. The van der Waals surface area contributed by atoms with E-state index in [0.29, 0.717) is 58.4 Å². The summed E-state index contributed by atoms with van der Waals surface area (Å²) in [5.41, 5.74) is 9.91. The summed E-state index contributed by atoms with van der Waals surface area (Å²) in [6.45, 7) is 6.76. The lowest BCUT2D eigenvalue weighted by atomic mass is 9.92. The summed E-state index contributed by atoms with van der Waals surface area (Å²) in [5.74, 6) is -3.19. The molecule has 0 fully saturated rings. The Morgan fingerprint density at radius 1 is 0.644 bits per heavy atom. The van der Waals surface area contributed by atoms with E-state index in [1.165, 1.54) is 77.5 Å². The molecule has 2 heterocycles. The third-order valence-corrected chi connectivity index (χ3v) is 13.7. The Kier molecular flexibility index (Phi) is 25.7. The second-order valence-electron chi connectivity index (χ2n) is 20.3. The van der Waals surface area contributed by atoms with E-state index >= 15 is 0 Å². The van der Waals surface area contributed by atoms with Crippen LogP contribution in [0.3, 0.4) is 0 Å². The predicted molar refractivity (Wildman–Crippen MR) is 329 cm³/mol. The molecule has 0 aliphatic rings. The van der Waals surface area contributed by atoms with Gasteiger partial charge in [0.2, 0.25) is 0 Å². The van der Waals surface area contributed by atoms with Crippen molar-refractivity contribution in [2.24, 2.45) is 11.7 Å². The molecule has 8 aromatic rings. The minimum absolute atomic E-state index is 0. The number of halogens is 5. The Morgan fingerprint density at radius 2 is 1.18 bits per heavy atom. The number of phenols is 1. The summed E-state index contributed by atoms with van der Waals surface area (Å²) in [5, 5.41) is 13.9. The van der Waals surface area contributed by atoms with Gasteiger partial charge in [0.05, 0.1) is 72.7 Å². The van der Waals surface area contributed by atoms with Gasteiger partial charge in [-0.05, 0) is 86.2 Å². The van der Waals surface area contributed by atoms with Gasteiger partial charge in [-0.15, -0.1) is 11.6 Å². The summed E-state index contributed by atoms with van der Waals surface area (Å²) < 4.78 is 60.5.